The number of likely N-dealkylation sites (tertiary alicyclic amines) is 1. The van der Waals surface area contributed by atoms with Crippen molar-refractivity contribution in [2.45, 2.75) is 25.7 Å². The highest BCUT2D eigenvalue weighted by Crippen LogP contribution is 2.27. The molecule has 2 N–H and O–H groups in total. The van der Waals surface area contributed by atoms with Crippen molar-refractivity contribution in [2.24, 2.45) is 11.7 Å². The summed E-state index contributed by atoms with van der Waals surface area (Å²) in [5.74, 6) is 0.464. The maximum atomic E-state index is 12.6. The summed E-state index contributed by atoms with van der Waals surface area (Å²) in [7, 11) is 1.52. The van der Waals surface area contributed by atoms with Crippen LogP contribution in [0.15, 0.2) is 18.2 Å². The van der Waals surface area contributed by atoms with E-state index in [0.29, 0.717) is 35.8 Å². The number of ether oxygens (including phenoxy) is 1. The van der Waals surface area contributed by atoms with Gasteiger partial charge in [0.1, 0.15) is 5.75 Å². The molecule has 0 radical (unpaired) electrons. The van der Waals surface area contributed by atoms with E-state index in [1.54, 1.807) is 18.2 Å². The maximum absolute atomic E-state index is 12.6. The summed E-state index contributed by atoms with van der Waals surface area (Å²) in [6, 6.07) is 5.04. The molecule has 0 aliphatic carbocycles. The van der Waals surface area contributed by atoms with Gasteiger partial charge in [0.05, 0.1) is 12.1 Å². The maximum Gasteiger partial charge on any atom is 0.253 e. The van der Waals surface area contributed by atoms with Crippen molar-refractivity contribution in [2.75, 3.05) is 20.2 Å². The molecule has 5 nitrogen and oxygen atoms in total. The summed E-state index contributed by atoms with van der Waals surface area (Å²) < 4.78 is 5.15. The smallest absolute Gasteiger partial charge is 0.253 e. The van der Waals surface area contributed by atoms with E-state index in [2.05, 4.69) is 0 Å². The van der Waals surface area contributed by atoms with E-state index in [9.17, 15) is 9.59 Å². The molecule has 22 heavy (non-hydrogen) atoms. The second kappa shape index (κ2) is 7.49. The van der Waals surface area contributed by atoms with Crippen LogP contribution < -0.4 is 10.5 Å². The molecule has 1 aliphatic rings. The van der Waals surface area contributed by atoms with Crippen LogP contribution in [-0.2, 0) is 4.79 Å². The number of carbonyl (C=O) groups excluding carboxylic acids is 2. The van der Waals surface area contributed by atoms with Gasteiger partial charge in [0.2, 0.25) is 5.91 Å². The SMILES string of the molecule is COc1cc(C(=O)N2CCCC(CC(N)=O)CC2)ccc1Cl. The number of methoxy groups -OCH3 is 1. The van der Waals surface area contributed by atoms with Crippen molar-refractivity contribution in [3.05, 3.63) is 28.8 Å². The summed E-state index contributed by atoms with van der Waals surface area (Å²) in [6.07, 6.45) is 3.02. The van der Waals surface area contributed by atoms with Gasteiger partial charge in [0, 0.05) is 25.1 Å². The van der Waals surface area contributed by atoms with E-state index in [-0.39, 0.29) is 17.7 Å². The van der Waals surface area contributed by atoms with E-state index in [1.807, 2.05) is 4.90 Å². The largest absolute Gasteiger partial charge is 0.495 e. The average Bonchev–Trinajstić information content (AvgIpc) is 2.72. The van der Waals surface area contributed by atoms with Gasteiger partial charge in [-0.25, -0.2) is 0 Å². The fraction of sp³-hybridized carbons (Fsp3) is 0.500. The van der Waals surface area contributed by atoms with Crippen LogP contribution >= 0.6 is 11.6 Å². The van der Waals surface area contributed by atoms with Gasteiger partial charge >= 0.3 is 0 Å². The van der Waals surface area contributed by atoms with Crippen LogP contribution in [0.4, 0.5) is 0 Å². The van der Waals surface area contributed by atoms with Crippen molar-refractivity contribution in [3.63, 3.8) is 0 Å². The quantitative estimate of drug-likeness (QED) is 0.924. The van der Waals surface area contributed by atoms with Gasteiger partial charge in [-0.1, -0.05) is 11.6 Å². The topological polar surface area (TPSA) is 72.6 Å². The standard InChI is InChI=1S/C16H21ClN2O3/c1-22-14-10-12(4-5-13(14)17)16(21)19-7-2-3-11(6-8-19)9-15(18)20/h4-5,10-11H,2-3,6-9H2,1H3,(H2,18,20). The zero-order valence-electron chi connectivity index (χ0n) is 12.7. The molecule has 120 valence electrons. The second-order valence-electron chi connectivity index (χ2n) is 5.61. The molecular formula is C16H21ClN2O3. The first-order valence-electron chi connectivity index (χ1n) is 7.42. The number of hydrogen-bond acceptors (Lipinski definition) is 3. The molecule has 1 atom stereocenters. The summed E-state index contributed by atoms with van der Waals surface area (Å²) in [4.78, 5) is 25.5. The van der Waals surface area contributed by atoms with Crippen molar-refractivity contribution in [1.82, 2.24) is 4.90 Å². The summed E-state index contributed by atoms with van der Waals surface area (Å²) >= 11 is 5.99. The predicted octanol–water partition coefficient (Wildman–Crippen LogP) is 2.47. The van der Waals surface area contributed by atoms with E-state index in [1.165, 1.54) is 7.11 Å². The van der Waals surface area contributed by atoms with Crippen LogP contribution in [0.2, 0.25) is 5.02 Å². The molecule has 2 rings (SSSR count). The number of rotatable bonds is 4. The Bertz CT molecular complexity index is 562. The molecule has 1 aliphatic heterocycles. The molecule has 1 aromatic carbocycles. The molecule has 0 spiro atoms. The van der Waals surface area contributed by atoms with Gasteiger partial charge in [-0.15, -0.1) is 0 Å². The average molecular weight is 325 g/mol. The number of amides is 2. The monoisotopic (exact) mass is 324 g/mol. The van der Waals surface area contributed by atoms with Crippen molar-refractivity contribution in [1.29, 1.82) is 0 Å². The first kappa shape index (κ1) is 16.6. The molecule has 1 heterocycles. The van der Waals surface area contributed by atoms with Gasteiger partial charge in [0.25, 0.3) is 5.91 Å². The Morgan fingerprint density at radius 1 is 1.36 bits per heavy atom. The summed E-state index contributed by atoms with van der Waals surface area (Å²) in [6.45, 7) is 1.33. The molecule has 1 saturated heterocycles. The molecule has 6 heteroatoms. The third-order valence-corrected chi connectivity index (χ3v) is 4.34. The zero-order chi connectivity index (χ0) is 16.1. The summed E-state index contributed by atoms with van der Waals surface area (Å²) in [5.41, 5.74) is 5.82. The Labute approximate surface area is 135 Å². The van der Waals surface area contributed by atoms with Crippen LogP contribution in [0.25, 0.3) is 0 Å². The Hall–Kier alpha value is -1.75. The Morgan fingerprint density at radius 3 is 2.82 bits per heavy atom. The molecule has 0 bridgehead atoms. The van der Waals surface area contributed by atoms with Gasteiger partial charge in [0.15, 0.2) is 0 Å². The molecule has 1 fully saturated rings. The lowest BCUT2D eigenvalue weighted by atomic mass is 9.97. The van der Waals surface area contributed by atoms with Gasteiger partial charge in [-0.05, 0) is 43.4 Å². The van der Waals surface area contributed by atoms with E-state index < -0.39 is 0 Å². The number of hydrogen-bond donors (Lipinski definition) is 1. The molecule has 1 aromatic rings. The summed E-state index contributed by atoms with van der Waals surface area (Å²) in [5, 5.41) is 0.483. The first-order chi connectivity index (χ1) is 10.5. The molecule has 1 unspecified atom stereocenters. The number of nitrogens with zero attached hydrogens (tertiary/aromatic N) is 1. The van der Waals surface area contributed by atoms with Crippen LogP contribution in [-0.4, -0.2) is 36.9 Å². The highest BCUT2D eigenvalue weighted by atomic mass is 35.5. The van der Waals surface area contributed by atoms with E-state index >= 15 is 0 Å². The van der Waals surface area contributed by atoms with Gasteiger partial charge in [-0.2, -0.15) is 0 Å². The van der Waals surface area contributed by atoms with E-state index in [4.69, 9.17) is 22.1 Å². The number of halogens is 1. The number of benzene rings is 1. The normalized spacial score (nSPS) is 18.6. The number of primary amides is 1. The third kappa shape index (κ3) is 4.13. The Balaban J connectivity index is 2.05. The van der Waals surface area contributed by atoms with Crippen LogP contribution in [0, 0.1) is 5.92 Å². The Kier molecular flexibility index (Phi) is 5.66. The van der Waals surface area contributed by atoms with Crippen molar-refractivity contribution >= 4 is 23.4 Å². The van der Waals surface area contributed by atoms with Crippen LogP contribution in [0.3, 0.4) is 0 Å². The lowest BCUT2D eigenvalue weighted by Crippen LogP contribution is -2.32. The van der Waals surface area contributed by atoms with Crippen molar-refractivity contribution < 1.29 is 14.3 Å². The molecule has 0 aromatic heterocycles. The first-order valence-corrected chi connectivity index (χ1v) is 7.80. The predicted molar refractivity (Wildman–Crippen MR) is 85.1 cm³/mol. The lowest BCUT2D eigenvalue weighted by Gasteiger charge is -2.21. The van der Waals surface area contributed by atoms with Gasteiger partial charge < -0.3 is 15.4 Å². The highest BCUT2D eigenvalue weighted by molar-refractivity contribution is 6.32. The second-order valence-corrected chi connectivity index (χ2v) is 6.02. The van der Waals surface area contributed by atoms with E-state index in [0.717, 1.165) is 19.3 Å². The Morgan fingerprint density at radius 2 is 2.14 bits per heavy atom. The van der Waals surface area contributed by atoms with Crippen molar-refractivity contribution in [3.8, 4) is 5.75 Å². The number of carbonyl (C=O) groups is 2. The van der Waals surface area contributed by atoms with Crippen LogP contribution in [0.5, 0.6) is 5.75 Å². The minimum absolute atomic E-state index is 0.0327. The fourth-order valence-electron chi connectivity index (χ4n) is 2.83. The minimum Gasteiger partial charge on any atom is -0.495 e. The fourth-order valence-corrected chi connectivity index (χ4v) is 3.03. The molecular weight excluding hydrogens is 304 g/mol. The molecule has 2 amide bonds. The van der Waals surface area contributed by atoms with Gasteiger partial charge in [-0.3, -0.25) is 9.59 Å². The minimum atomic E-state index is -0.271. The zero-order valence-corrected chi connectivity index (χ0v) is 13.4. The third-order valence-electron chi connectivity index (χ3n) is 4.02. The lowest BCUT2D eigenvalue weighted by molar-refractivity contribution is -0.119. The molecule has 0 saturated carbocycles. The van der Waals surface area contributed by atoms with Crippen LogP contribution in [0.1, 0.15) is 36.0 Å². The highest BCUT2D eigenvalue weighted by Gasteiger charge is 2.23. The number of nitrogens with two attached hydrogens (primary N) is 1.